The van der Waals surface area contributed by atoms with Crippen molar-refractivity contribution in [1.82, 2.24) is 0 Å². The summed E-state index contributed by atoms with van der Waals surface area (Å²) in [7, 11) is 0. The number of halogens is 2. The highest BCUT2D eigenvalue weighted by atomic mass is 79.9. The lowest BCUT2D eigenvalue weighted by atomic mass is 10.1. The van der Waals surface area contributed by atoms with E-state index in [-0.39, 0.29) is 3.74 Å². The number of benzene rings is 1. The molecule has 0 atom stereocenters. The van der Waals surface area contributed by atoms with Gasteiger partial charge in [-0.05, 0) is 23.8 Å². The van der Waals surface area contributed by atoms with Crippen LogP contribution in [-0.4, -0.2) is 0 Å². The van der Waals surface area contributed by atoms with Gasteiger partial charge in [0.15, 0.2) is 0 Å². The lowest BCUT2D eigenvalue weighted by molar-refractivity contribution is 1.34. The fourth-order valence-electron chi connectivity index (χ4n) is 0.915. The second-order valence-electron chi connectivity index (χ2n) is 2.33. The lowest BCUT2D eigenvalue weighted by Gasteiger charge is -2.04. The van der Waals surface area contributed by atoms with E-state index in [1.54, 1.807) is 18.2 Å². The first-order valence-electron chi connectivity index (χ1n) is 3.41. The second kappa shape index (κ2) is 4.41. The van der Waals surface area contributed by atoms with Crippen molar-refractivity contribution in [3.8, 4) is 12.1 Å². The van der Waals surface area contributed by atoms with Gasteiger partial charge in [-0.2, -0.15) is 10.5 Å². The van der Waals surface area contributed by atoms with Crippen LogP contribution in [0.5, 0.6) is 0 Å². The number of alkyl halides is 2. The quantitative estimate of drug-likeness (QED) is 0.748. The highest BCUT2D eigenvalue weighted by molar-refractivity contribution is 9.24. The van der Waals surface area contributed by atoms with Gasteiger partial charge in [0, 0.05) is 0 Å². The van der Waals surface area contributed by atoms with Crippen LogP contribution in [0.15, 0.2) is 18.2 Å². The molecule has 2 nitrogen and oxygen atoms in total. The van der Waals surface area contributed by atoms with Crippen LogP contribution >= 0.6 is 31.9 Å². The number of rotatable bonds is 1. The Labute approximate surface area is 93.0 Å². The van der Waals surface area contributed by atoms with E-state index < -0.39 is 0 Å². The van der Waals surface area contributed by atoms with Crippen molar-refractivity contribution in [3.63, 3.8) is 0 Å². The fraction of sp³-hybridized carbons (Fsp3) is 0.111. The zero-order valence-electron chi connectivity index (χ0n) is 6.46. The first-order chi connectivity index (χ1) is 6.19. The van der Waals surface area contributed by atoms with E-state index >= 15 is 0 Å². The summed E-state index contributed by atoms with van der Waals surface area (Å²) in [5, 5.41) is 17.4. The lowest BCUT2D eigenvalue weighted by Crippen LogP contribution is -1.89. The molecule has 0 fully saturated rings. The van der Waals surface area contributed by atoms with Gasteiger partial charge in [0.05, 0.1) is 27.0 Å². The van der Waals surface area contributed by atoms with Crippen LogP contribution in [0.1, 0.15) is 20.4 Å². The molecule has 1 aromatic rings. The molecule has 0 heterocycles. The van der Waals surface area contributed by atoms with E-state index in [4.69, 9.17) is 10.5 Å². The van der Waals surface area contributed by atoms with Crippen LogP contribution in [0, 0.1) is 22.7 Å². The van der Waals surface area contributed by atoms with Gasteiger partial charge in [0.25, 0.3) is 0 Å². The van der Waals surface area contributed by atoms with Gasteiger partial charge in [-0.1, -0.05) is 31.9 Å². The molecule has 0 radical (unpaired) electrons. The molecule has 0 unspecified atom stereocenters. The molecule has 4 heteroatoms. The Kier molecular flexibility index (Phi) is 3.48. The average molecular weight is 300 g/mol. The molecule has 0 N–H and O–H groups in total. The van der Waals surface area contributed by atoms with Gasteiger partial charge >= 0.3 is 0 Å². The molecule has 0 saturated heterocycles. The molecule has 0 aromatic heterocycles. The van der Waals surface area contributed by atoms with Gasteiger partial charge in [-0.25, -0.2) is 0 Å². The molecule has 0 amide bonds. The van der Waals surface area contributed by atoms with E-state index in [1.165, 1.54) is 0 Å². The molecule has 64 valence electrons. The first-order valence-corrected chi connectivity index (χ1v) is 5.24. The number of nitrogens with zero attached hydrogens (tertiary/aromatic N) is 2. The number of nitriles is 2. The minimum absolute atomic E-state index is 0.0945. The van der Waals surface area contributed by atoms with Gasteiger partial charge in [0.2, 0.25) is 0 Å². The molecule has 1 rings (SSSR count). The highest BCUT2D eigenvalue weighted by Crippen LogP contribution is 2.31. The zero-order chi connectivity index (χ0) is 9.84. The SMILES string of the molecule is N#Cc1ccc(C#N)c(C(Br)Br)c1. The molecular formula is C9H4Br2N2. The van der Waals surface area contributed by atoms with E-state index in [2.05, 4.69) is 37.9 Å². The summed E-state index contributed by atoms with van der Waals surface area (Å²) in [4.78, 5) is 0. The molecule has 0 aliphatic carbocycles. The van der Waals surface area contributed by atoms with Crippen molar-refractivity contribution < 1.29 is 0 Å². The van der Waals surface area contributed by atoms with Crippen LogP contribution in [0.3, 0.4) is 0 Å². The Bertz CT molecular complexity index is 399. The average Bonchev–Trinajstić information content (AvgIpc) is 2.16. The summed E-state index contributed by atoms with van der Waals surface area (Å²) in [5.74, 6) is 0. The Morgan fingerprint density at radius 3 is 2.31 bits per heavy atom. The topological polar surface area (TPSA) is 47.6 Å². The molecule has 0 aliphatic heterocycles. The van der Waals surface area contributed by atoms with Crippen molar-refractivity contribution in [2.45, 2.75) is 3.74 Å². The minimum Gasteiger partial charge on any atom is -0.192 e. The van der Waals surface area contributed by atoms with Crippen molar-refractivity contribution in [1.29, 1.82) is 10.5 Å². The highest BCUT2D eigenvalue weighted by Gasteiger charge is 2.09. The third-order valence-corrected chi connectivity index (χ3v) is 2.52. The van der Waals surface area contributed by atoms with Crippen molar-refractivity contribution in [3.05, 3.63) is 34.9 Å². The molecule has 0 bridgehead atoms. The summed E-state index contributed by atoms with van der Waals surface area (Å²) in [6.07, 6.45) is 0. The second-order valence-corrected chi connectivity index (χ2v) is 5.39. The van der Waals surface area contributed by atoms with E-state index in [0.29, 0.717) is 11.1 Å². The van der Waals surface area contributed by atoms with E-state index in [1.807, 2.05) is 6.07 Å². The van der Waals surface area contributed by atoms with Crippen molar-refractivity contribution >= 4 is 31.9 Å². The predicted molar refractivity (Wildman–Crippen MR) is 56.5 cm³/mol. The maximum absolute atomic E-state index is 8.76. The van der Waals surface area contributed by atoms with Crippen LogP contribution in [-0.2, 0) is 0 Å². The zero-order valence-corrected chi connectivity index (χ0v) is 9.63. The van der Waals surface area contributed by atoms with Gasteiger partial charge < -0.3 is 0 Å². The maximum atomic E-state index is 8.76. The van der Waals surface area contributed by atoms with Crippen molar-refractivity contribution in [2.24, 2.45) is 0 Å². The van der Waals surface area contributed by atoms with Crippen LogP contribution in [0.4, 0.5) is 0 Å². The van der Waals surface area contributed by atoms with Crippen molar-refractivity contribution in [2.75, 3.05) is 0 Å². The summed E-state index contributed by atoms with van der Waals surface area (Å²) in [6, 6.07) is 9.04. The van der Waals surface area contributed by atoms with Gasteiger partial charge in [-0.3, -0.25) is 0 Å². The molecular weight excluding hydrogens is 296 g/mol. The minimum atomic E-state index is -0.0945. The Hall–Kier alpha value is -0.840. The normalized spacial score (nSPS) is 9.31. The molecule has 13 heavy (non-hydrogen) atoms. The fourth-order valence-corrected chi connectivity index (χ4v) is 1.67. The summed E-state index contributed by atoms with van der Waals surface area (Å²) < 4.78 is -0.0945. The largest absolute Gasteiger partial charge is 0.192 e. The van der Waals surface area contributed by atoms with Crippen LogP contribution in [0.2, 0.25) is 0 Å². The first kappa shape index (κ1) is 10.2. The van der Waals surface area contributed by atoms with Crippen LogP contribution < -0.4 is 0 Å². The van der Waals surface area contributed by atoms with Crippen LogP contribution in [0.25, 0.3) is 0 Å². The molecule has 0 saturated carbocycles. The molecule has 0 spiro atoms. The summed E-state index contributed by atoms with van der Waals surface area (Å²) in [6.45, 7) is 0. The van der Waals surface area contributed by atoms with E-state index in [0.717, 1.165) is 5.56 Å². The Morgan fingerprint density at radius 2 is 1.85 bits per heavy atom. The summed E-state index contributed by atoms with van der Waals surface area (Å²) in [5.41, 5.74) is 1.90. The smallest absolute Gasteiger partial charge is 0.0995 e. The molecule has 0 aliphatic rings. The molecule has 1 aromatic carbocycles. The van der Waals surface area contributed by atoms with Gasteiger partial charge in [-0.15, -0.1) is 0 Å². The Morgan fingerprint density at radius 1 is 1.15 bits per heavy atom. The van der Waals surface area contributed by atoms with E-state index in [9.17, 15) is 0 Å². The Balaban J connectivity index is 3.30. The predicted octanol–water partition coefficient (Wildman–Crippen LogP) is 3.22. The maximum Gasteiger partial charge on any atom is 0.0995 e. The number of hydrogen-bond acceptors (Lipinski definition) is 2. The third kappa shape index (κ3) is 2.30. The third-order valence-electron chi connectivity index (χ3n) is 1.54. The summed E-state index contributed by atoms with van der Waals surface area (Å²) >= 11 is 6.59. The number of hydrogen-bond donors (Lipinski definition) is 0. The van der Waals surface area contributed by atoms with Gasteiger partial charge in [0.1, 0.15) is 0 Å². The standard InChI is InChI=1S/C9H4Br2N2/c10-9(11)8-3-6(4-12)1-2-7(8)5-13/h1-3,9H. The monoisotopic (exact) mass is 298 g/mol.